The van der Waals surface area contributed by atoms with Gasteiger partial charge < -0.3 is 14.4 Å². The topological polar surface area (TPSA) is 38.8 Å². The number of nitrogens with zero attached hydrogens (tertiary/aromatic N) is 1. The zero-order chi connectivity index (χ0) is 15.2. The van der Waals surface area contributed by atoms with E-state index in [0.29, 0.717) is 35.5 Å². The Hall–Kier alpha value is -1.42. The Morgan fingerprint density at radius 1 is 1.33 bits per heavy atom. The van der Waals surface area contributed by atoms with Crippen molar-refractivity contribution < 1.29 is 14.3 Å². The molecule has 0 aliphatic heterocycles. The summed E-state index contributed by atoms with van der Waals surface area (Å²) in [7, 11) is 3.16. The maximum Gasteiger partial charge on any atom is 0.257 e. The van der Waals surface area contributed by atoms with E-state index in [1.807, 2.05) is 4.90 Å². The smallest absolute Gasteiger partial charge is 0.257 e. The van der Waals surface area contributed by atoms with Crippen LogP contribution in [0.15, 0.2) is 18.2 Å². The van der Waals surface area contributed by atoms with Crippen LogP contribution in [-0.2, 0) is 0 Å². The molecule has 0 atom stereocenters. The second-order valence-corrected chi connectivity index (χ2v) is 5.57. The summed E-state index contributed by atoms with van der Waals surface area (Å²) in [6, 6.07) is 5.64. The maximum atomic E-state index is 12.8. The second kappa shape index (κ2) is 7.55. The van der Waals surface area contributed by atoms with Crippen molar-refractivity contribution in [3.05, 3.63) is 23.8 Å². The van der Waals surface area contributed by atoms with Gasteiger partial charge in [0.05, 0.1) is 19.8 Å². The van der Waals surface area contributed by atoms with Gasteiger partial charge in [0.15, 0.2) is 0 Å². The minimum atomic E-state index is 0.0179. The normalized spacial score (nSPS) is 14.4. The van der Waals surface area contributed by atoms with Crippen LogP contribution in [0.25, 0.3) is 0 Å². The van der Waals surface area contributed by atoms with E-state index < -0.39 is 0 Å². The molecule has 0 saturated heterocycles. The van der Waals surface area contributed by atoms with Gasteiger partial charge in [-0.3, -0.25) is 4.79 Å². The number of methoxy groups -OCH3 is 2. The number of carbonyl (C=O) groups excluding carboxylic acids is 1. The predicted octanol–water partition coefficient (Wildman–Crippen LogP) is 3.33. The minimum Gasteiger partial charge on any atom is -0.497 e. The van der Waals surface area contributed by atoms with Gasteiger partial charge in [-0.05, 0) is 37.8 Å². The molecular weight excluding hydrogens is 290 g/mol. The highest BCUT2D eigenvalue weighted by Crippen LogP contribution is 2.30. The van der Waals surface area contributed by atoms with Gasteiger partial charge in [-0.1, -0.05) is 0 Å². The number of hydrogen-bond donors (Lipinski definition) is 0. The summed E-state index contributed by atoms with van der Waals surface area (Å²) in [5.41, 5.74) is 0.583. The molecule has 116 valence electrons. The first-order chi connectivity index (χ1) is 10.2. The Morgan fingerprint density at radius 2 is 2.10 bits per heavy atom. The lowest BCUT2D eigenvalue weighted by atomic mass is 9.90. The molecule has 5 heteroatoms. The molecule has 0 unspecified atom stereocenters. The first-order valence-corrected chi connectivity index (χ1v) is 7.83. The summed E-state index contributed by atoms with van der Waals surface area (Å²) in [4.78, 5) is 14.8. The van der Waals surface area contributed by atoms with Crippen molar-refractivity contribution in [2.75, 3.05) is 26.6 Å². The molecule has 4 nitrogen and oxygen atoms in total. The van der Waals surface area contributed by atoms with Gasteiger partial charge in [0.25, 0.3) is 5.91 Å². The quantitative estimate of drug-likeness (QED) is 0.725. The predicted molar refractivity (Wildman–Crippen MR) is 83.6 cm³/mol. The molecule has 0 spiro atoms. The van der Waals surface area contributed by atoms with Gasteiger partial charge in [-0.25, -0.2) is 0 Å². The second-order valence-electron chi connectivity index (χ2n) is 5.19. The molecule has 0 aromatic heterocycles. The Balaban J connectivity index is 2.22. The van der Waals surface area contributed by atoms with E-state index in [9.17, 15) is 4.79 Å². The fourth-order valence-electron chi connectivity index (χ4n) is 2.51. The van der Waals surface area contributed by atoms with Gasteiger partial charge in [-0.2, -0.15) is 0 Å². The first-order valence-electron chi connectivity index (χ1n) is 7.30. The van der Waals surface area contributed by atoms with Crippen LogP contribution >= 0.6 is 11.6 Å². The molecule has 1 aromatic rings. The van der Waals surface area contributed by atoms with Crippen LogP contribution in [0.5, 0.6) is 11.5 Å². The van der Waals surface area contributed by atoms with Crippen LogP contribution < -0.4 is 9.47 Å². The van der Waals surface area contributed by atoms with Gasteiger partial charge in [0, 0.05) is 24.5 Å². The highest BCUT2D eigenvalue weighted by atomic mass is 35.5. The molecule has 1 amide bonds. The Kier molecular flexibility index (Phi) is 5.74. The van der Waals surface area contributed by atoms with E-state index >= 15 is 0 Å². The van der Waals surface area contributed by atoms with E-state index in [-0.39, 0.29) is 5.91 Å². The molecule has 1 aromatic carbocycles. The standard InChI is InChI=1S/C16H22ClNO3/c1-20-13-7-8-14(15(11-13)21-2)16(19)18(10-4-9-17)12-5-3-6-12/h7-8,11-12H,3-6,9-10H2,1-2H3. The van der Waals surface area contributed by atoms with Crippen molar-refractivity contribution in [3.63, 3.8) is 0 Å². The highest BCUT2D eigenvalue weighted by molar-refractivity contribution is 6.17. The zero-order valence-corrected chi connectivity index (χ0v) is 13.4. The number of rotatable bonds is 7. The Morgan fingerprint density at radius 3 is 2.62 bits per heavy atom. The van der Waals surface area contributed by atoms with E-state index in [4.69, 9.17) is 21.1 Å². The largest absolute Gasteiger partial charge is 0.497 e. The van der Waals surface area contributed by atoms with Crippen molar-refractivity contribution in [1.29, 1.82) is 0 Å². The molecule has 1 aliphatic rings. The fourth-order valence-corrected chi connectivity index (χ4v) is 2.63. The Labute approximate surface area is 131 Å². The van der Waals surface area contributed by atoms with Crippen molar-refractivity contribution in [2.24, 2.45) is 0 Å². The number of benzene rings is 1. The third-order valence-corrected chi connectivity index (χ3v) is 4.22. The summed E-state index contributed by atoms with van der Waals surface area (Å²) in [5.74, 6) is 1.81. The van der Waals surface area contributed by atoms with Crippen molar-refractivity contribution in [3.8, 4) is 11.5 Å². The highest BCUT2D eigenvalue weighted by Gasteiger charge is 2.30. The zero-order valence-electron chi connectivity index (χ0n) is 12.6. The molecule has 0 radical (unpaired) electrons. The van der Waals surface area contributed by atoms with Crippen molar-refractivity contribution in [2.45, 2.75) is 31.7 Å². The molecular formula is C16H22ClNO3. The minimum absolute atomic E-state index is 0.0179. The van der Waals surface area contributed by atoms with Crippen LogP contribution in [0.3, 0.4) is 0 Å². The van der Waals surface area contributed by atoms with Gasteiger partial charge in [0.1, 0.15) is 11.5 Å². The third-order valence-electron chi connectivity index (χ3n) is 3.95. The van der Waals surface area contributed by atoms with E-state index in [2.05, 4.69) is 0 Å². The average molecular weight is 312 g/mol. The lowest BCUT2D eigenvalue weighted by Gasteiger charge is -2.37. The molecule has 1 aliphatic carbocycles. The maximum absolute atomic E-state index is 12.8. The van der Waals surface area contributed by atoms with Gasteiger partial charge in [-0.15, -0.1) is 11.6 Å². The lowest BCUT2D eigenvalue weighted by molar-refractivity contribution is 0.0577. The monoisotopic (exact) mass is 311 g/mol. The SMILES string of the molecule is COc1ccc(C(=O)N(CCCCl)C2CCC2)c(OC)c1. The Bertz CT molecular complexity index is 488. The number of halogens is 1. The van der Waals surface area contributed by atoms with Crippen molar-refractivity contribution >= 4 is 17.5 Å². The fraction of sp³-hybridized carbons (Fsp3) is 0.562. The van der Waals surface area contributed by atoms with E-state index in [0.717, 1.165) is 19.3 Å². The van der Waals surface area contributed by atoms with Crippen LogP contribution in [0.1, 0.15) is 36.0 Å². The molecule has 2 rings (SSSR count). The summed E-state index contributed by atoms with van der Waals surface area (Å²) in [6.45, 7) is 0.697. The van der Waals surface area contributed by atoms with Gasteiger partial charge >= 0.3 is 0 Å². The van der Waals surface area contributed by atoms with Crippen LogP contribution in [-0.4, -0.2) is 43.5 Å². The molecule has 0 bridgehead atoms. The van der Waals surface area contributed by atoms with Crippen molar-refractivity contribution in [1.82, 2.24) is 4.90 Å². The number of amides is 1. The number of hydrogen-bond acceptors (Lipinski definition) is 3. The number of alkyl halides is 1. The molecule has 0 heterocycles. The summed E-state index contributed by atoms with van der Waals surface area (Å²) in [5, 5.41) is 0. The summed E-state index contributed by atoms with van der Waals surface area (Å²) >= 11 is 5.78. The first kappa shape index (κ1) is 16.0. The van der Waals surface area contributed by atoms with Crippen LogP contribution in [0, 0.1) is 0 Å². The number of ether oxygens (including phenoxy) is 2. The third kappa shape index (κ3) is 3.62. The van der Waals surface area contributed by atoms with Crippen LogP contribution in [0.2, 0.25) is 0 Å². The van der Waals surface area contributed by atoms with E-state index in [1.54, 1.807) is 32.4 Å². The summed E-state index contributed by atoms with van der Waals surface area (Å²) < 4.78 is 10.5. The summed E-state index contributed by atoms with van der Waals surface area (Å²) in [6.07, 6.45) is 4.15. The van der Waals surface area contributed by atoms with E-state index in [1.165, 1.54) is 6.42 Å². The number of carbonyl (C=O) groups is 1. The molecule has 1 saturated carbocycles. The van der Waals surface area contributed by atoms with Gasteiger partial charge in [0.2, 0.25) is 0 Å². The lowest BCUT2D eigenvalue weighted by Crippen LogP contribution is -2.45. The molecule has 21 heavy (non-hydrogen) atoms. The molecule has 1 fully saturated rings. The average Bonchev–Trinajstić information content (AvgIpc) is 2.48. The molecule has 0 N–H and O–H groups in total. The van der Waals surface area contributed by atoms with Crippen LogP contribution in [0.4, 0.5) is 0 Å².